The quantitative estimate of drug-likeness (QED) is 0.675. The summed E-state index contributed by atoms with van der Waals surface area (Å²) in [5.41, 5.74) is 0. The molecule has 0 rings (SSSR count). The van der Waals surface area contributed by atoms with Crippen LogP contribution in [0, 0.1) is 0 Å². The van der Waals surface area contributed by atoms with Crippen LogP contribution in [0.1, 0.15) is 47.0 Å². The van der Waals surface area contributed by atoms with Gasteiger partial charge >= 0.3 is 6.09 Å². The average molecular weight is 189 g/mol. The molecule has 1 N–H and O–H groups in total. The Labute approximate surface area is 81.9 Å². The van der Waals surface area contributed by atoms with Gasteiger partial charge in [0.15, 0.2) is 0 Å². The Morgan fingerprint density at radius 2 is 1.85 bits per heavy atom. The topological polar surface area (TPSA) is 38.3 Å². The van der Waals surface area contributed by atoms with Gasteiger partial charge in [-0.2, -0.15) is 0 Å². The van der Waals surface area contributed by atoms with Crippen molar-refractivity contribution < 1.29 is 9.53 Å². The third kappa shape index (κ3) is 14.2. The zero-order valence-corrected chi connectivity index (χ0v) is 9.35. The minimum atomic E-state index is -0.302. The molecule has 13 heavy (non-hydrogen) atoms. The number of carbonyl (C=O) groups is 1. The van der Waals surface area contributed by atoms with Gasteiger partial charge in [0.25, 0.3) is 0 Å². The molecule has 3 heteroatoms. The lowest BCUT2D eigenvalue weighted by molar-refractivity contribution is 0.152. The van der Waals surface area contributed by atoms with Crippen LogP contribution in [0.15, 0.2) is 0 Å². The average Bonchev–Trinajstić information content (AvgIpc) is 2.16. The molecule has 0 spiro atoms. The predicted octanol–water partition coefficient (Wildman–Crippen LogP) is 2.95. The van der Waals surface area contributed by atoms with Crippen molar-refractivity contribution in [3.05, 3.63) is 0 Å². The number of hydrogen-bond donors (Lipinski definition) is 1. The first-order chi connectivity index (χ1) is 6.31. The summed E-state index contributed by atoms with van der Waals surface area (Å²) in [5.74, 6) is 0. The summed E-state index contributed by atoms with van der Waals surface area (Å²) < 4.78 is 4.67. The third-order valence-electron chi connectivity index (χ3n) is 1.33. The molecule has 0 aromatic rings. The normalized spacial score (nSPS) is 8.31. The lowest BCUT2D eigenvalue weighted by atomic mass is 10.2. The molecule has 1 amide bonds. The Kier molecular flexibility index (Phi) is 15.7. The molecule has 80 valence electrons. The van der Waals surface area contributed by atoms with Crippen molar-refractivity contribution in [3.63, 3.8) is 0 Å². The first-order valence-electron chi connectivity index (χ1n) is 5.21. The van der Waals surface area contributed by atoms with Crippen molar-refractivity contribution in [3.8, 4) is 0 Å². The van der Waals surface area contributed by atoms with E-state index in [0.29, 0.717) is 6.61 Å². The van der Waals surface area contributed by atoms with Gasteiger partial charge < -0.3 is 10.1 Å². The van der Waals surface area contributed by atoms with Crippen LogP contribution >= 0.6 is 0 Å². The number of nitrogens with one attached hydrogen (secondary N) is 1. The highest BCUT2D eigenvalue weighted by Crippen LogP contribution is 1.91. The van der Waals surface area contributed by atoms with Gasteiger partial charge in [-0.1, -0.05) is 33.6 Å². The second-order valence-electron chi connectivity index (χ2n) is 2.35. The summed E-state index contributed by atoms with van der Waals surface area (Å²) >= 11 is 0. The second-order valence-corrected chi connectivity index (χ2v) is 2.35. The number of ether oxygens (including phenoxy) is 1. The van der Waals surface area contributed by atoms with E-state index in [4.69, 9.17) is 0 Å². The van der Waals surface area contributed by atoms with Crippen molar-refractivity contribution in [2.24, 2.45) is 0 Å². The fraction of sp³-hybridized carbons (Fsp3) is 0.900. The van der Waals surface area contributed by atoms with E-state index in [9.17, 15) is 4.79 Å². The molecule has 0 unspecified atom stereocenters. The molecule has 0 saturated heterocycles. The SMILES string of the molecule is CC.CCCCCNC(=O)OCC. The molecule has 0 aliphatic rings. The standard InChI is InChI=1S/C8H17NO2.C2H6/c1-3-5-6-7-9-8(10)11-4-2;1-2/h3-7H2,1-2H3,(H,9,10);1-2H3. The highest BCUT2D eigenvalue weighted by molar-refractivity contribution is 5.66. The number of unbranched alkanes of at least 4 members (excludes halogenated alkanes) is 2. The fourth-order valence-corrected chi connectivity index (χ4v) is 0.748. The van der Waals surface area contributed by atoms with Crippen LogP contribution in [0.5, 0.6) is 0 Å². The Hall–Kier alpha value is -0.730. The molecule has 0 saturated carbocycles. The minimum Gasteiger partial charge on any atom is -0.450 e. The molecule has 0 bridgehead atoms. The van der Waals surface area contributed by atoms with Crippen molar-refractivity contribution >= 4 is 6.09 Å². The first-order valence-corrected chi connectivity index (χ1v) is 5.21. The van der Waals surface area contributed by atoms with E-state index in [1.807, 2.05) is 13.8 Å². The number of alkyl carbamates (subject to hydrolysis) is 1. The van der Waals surface area contributed by atoms with Crippen molar-refractivity contribution in [2.45, 2.75) is 47.0 Å². The second kappa shape index (κ2) is 13.8. The Balaban J connectivity index is 0. The Morgan fingerprint density at radius 3 is 2.31 bits per heavy atom. The summed E-state index contributed by atoms with van der Waals surface area (Å²) in [7, 11) is 0. The van der Waals surface area contributed by atoms with Gasteiger partial charge in [0.1, 0.15) is 0 Å². The van der Waals surface area contributed by atoms with Crippen LogP contribution in [0.25, 0.3) is 0 Å². The summed E-state index contributed by atoms with van der Waals surface area (Å²) in [6.45, 7) is 9.10. The minimum absolute atomic E-state index is 0.302. The van der Waals surface area contributed by atoms with E-state index in [-0.39, 0.29) is 6.09 Å². The molecular weight excluding hydrogens is 166 g/mol. The molecular formula is C10H23NO2. The van der Waals surface area contributed by atoms with Crippen LogP contribution in [-0.4, -0.2) is 19.2 Å². The molecule has 0 fully saturated rings. The fourth-order valence-electron chi connectivity index (χ4n) is 0.748. The molecule has 0 aliphatic carbocycles. The van der Waals surface area contributed by atoms with Crippen LogP contribution in [0.4, 0.5) is 4.79 Å². The molecule has 0 aromatic carbocycles. The highest BCUT2D eigenvalue weighted by Gasteiger charge is 1.96. The molecule has 0 radical (unpaired) electrons. The largest absolute Gasteiger partial charge is 0.450 e. The highest BCUT2D eigenvalue weighted by atomic mass is 16.5. The van der Waals surface area contributed by atoms with Gasteiger partial charge in [0.2, 0.25) is 0 Å². The molecule has 0 heterocycles. The van der Waals surface area contributed by atoms with Gasteiger partial charge in [-0.3, -0.25) is 0 Å². The van der Waals surface area contributed by atoms with Crippen molar-refractivity contribution in [1.29, 1.82) is 0 Å². The Bertz CT molecular complexity index is 105. The molecule has 0 aliphatic heterocycles. The lowest BCUT2D eigenvalue weighted by Crippen LogP contribution is -2.25. The third-order valence-corrected chi connectivity index (χ3v) is 1.33. The van der Waals surface area contributed by atoms with Crippen LogP contribution in [0.3, 0.4) is 0 Å². The number of carbonyl (C=O) groups excluding carboxylic acids is 1. The molecule has 3 nitrogen and oxygen atoms in total. The lowest BCUT2D eigenvalue weighted by Gasteiger charge is -2.03. The van der Waals surface area contributed by atoms with Gasteiger partial charge in [-0.05, 0) is 13.3 Å². The van der Waals surface area contributed by atoms with Crippen molar-refractivity contribution in [1.82, 2.24) is 5.32 Å². The number of rotatable bonds is 5. The first kappa shape index (κ1) is 14.8. The summed E-state index contributed by atoms with van der Waals surface area (Å²) in [5, 5.41) is 2.66. The van der Waals surface area contributed by atoms with Crippen LogP contribution in [-0.2, 0) is 4.74 Å². The van der Waals surface area contributed by atoms with Crippen molar-refractivity contribution in [2.75, 3.05) is 13.2 Å². The van der Waals surface area contributed by atoms with Crippen LogP contribution < -0.4 is 5.32 Å². The van der Waals surface area contributed by atoms with E-state index in [1.165, 1.54) is 6.42 Å². The summed E-state index contributed by atoms with van der Waals surface area (Å²) in [6.07, 6.45) is 3.07. The smallest absolute Gasteiger partial charge is 0.407 e. The van der Waals surface area contributed by atoms with Crippen LogP contribution in [0.2, 0.25) is 0 Å². The van der Waals surface area contributed by atoms with E-state index in [2.05, 4.69) is 17.0 Å². The number of amides is 1. The summed E-state index contributed by atoms with van der Waals surface area (Å²) in [4.78, 5) is 10.7. The van der Waals surface area contributed by atoms with E-state index in [1.54, 1.807) is 6.92 Å². The van der Waals surface area contributed by atoms with E-state index >= 15 is 0 Å². The van der Waals surface area contributed by atoms with Gasteiger partial charge in [-0.25, -0.2) is 4.79 Å². The maximum atomic E-state index is 10.7. The number of hydrogen-bond acceptors (Lipinski definition) is 2. The maximum Gasteiger partial charge on any atom is 0.407 e. The van der Waals surface area contributed by atoms with E-state index in [0.717, 1.165) is 19.4 Å². The molecule has 0 aromatic heterocycles. The van der Waals surface area contributed by atoms with Gasteiger partial charge in [0, 0.05) is 6.54 Å². The molecule has 0 atom stereocenters. The zero-order chi connectivity index (χ0) is 10.5. The predicted molar refractivity (Wildman–Crippen MR) is 55.9 cm³/mol. The Morgan fingerprint density at radius 1 is 1.23 bits per heavy atom. The van der Waals surface area contributed by atoms with E-state index < -0.39 is 0 Å². The summed E-state index contributed by atoms with van der Waals surface area (Å²) in [6, 6.07) is 0. The van der Waals surface area contributed by atoms with Gasteiger partial charge in [0.05, 0.1) is 6.61 Å². The zero-order valence-electron chi connectivity index (χ0n) is 9.35. The monoisotopic (exact) mass is 189 g/mol. The van der Waals surface area contributed by atoms with Gasteiger partial charge in [-0.15, -0.1) is 0 Å². The maximum absolute atomic E-state index is 10.7.